The number of nitrogens with zero attached hydrogens (tertiary/aromatic N) is 1. The van der Waals surface area contributed by atoms with Crippen molar-refractivity contribution in [3.63, 3.8) is 0 Å². The van der Waals surface area contributed by atoms with Crippen molar-refractivity contribution in [3.05, 3.63) is 45.8 Å². The Balaban J connectivity index is 1.56. The number of carbonyl (C=O) groups is 2. The van der Waals surface area contributed by atoms with E-state index in [1.807, 2.05) is 0 Å². The van der Waals surface area contributed by atoms with Crippen molar-refractivity contribution < 1.29 is 24.2 Å². The van der Waals surface area contributed by atoms with Crippen molar-refractivity contribution in [1.29, 1.82) is 0 Å². The van der Waals surface area contributed by atoms with Crippen LogP contribution in [-0.2, 0) is 11.3 Å². The van der Waals surface area contributed by atoms with Gasteiger partial charge in [0.1, 0.15) is 11.0 Å². The molecule has 0 radical (unpaired) electrons. The zero-order valence-corrected chi connectivity index (χ0v) is 14.3. The number of carbonyl (C=O) groups excluding carboxylic acids is 1. The normalized spacial score (nSPS) is 14.9. The molecule has 1 saturated heterocycles. The number of nitrogens with one attached hydrogen (secondary N) is 1. The highest BCUT2D eigenvalue weighted by Crippen LogP contribution is 2.18. The van der Waals surface area contributed by atoms with Crippen LogP contribution in [-0.4, -0.2) is 41.3 Å². The molecule has 0 spiro atoms. The maximum atomic E-state index is 12.1. The summed E-state index contributed by atoms with van der Waals surface area (Å²) < 4.78 is 11.2. The largest absolute Gasteiger partial charge is 0.477 e. The van der Waals surface area contributed by atoms with Crippen molar-refractivity contribution in [3.8, 4) is 5.88 Å². The summed E-state index contributed by atoms with van der Waals surface area (Å²) in [5, 5.41) is 11.7. The maximum Gasteiger partial charge on any atom is 0.345 e. The average Bonchev–Trinajstić information content (AvgIpc) is 3.11. The lowest BCUT2D eigenvalue weighted by Crippen LogP contribution is -2.26. The van der Waals surface area contributed by atoms with Crippen LogP contribution in [0.25, 0.3) is 0 Å². The second-order valence-corrected chi connectivity index (χ2v) is 6.67. The summed E-state index contributed by atoms with van der Waals surface area (Å²) in [7, 11) is 0. The highest BCUT2D eigenvalue weighted by Gasteiger charge is 2.16. The molecule has 0 aromatic carbocycles. The van der Waals surface area contributed by atoms with Gasteiger partial charge < -0.3 is 19.9 Å². The summed E-state index contributed by atoms with van der Waals surface area (Å²) in [5.74, 6) is -0.808. The molecule has 0 saturated carbocycles. The van der Waals surface area contributed by atoms with Crippen LogP contribution in [0.3, 0.4) is 0 Å². The molecule has 3 heterocycles. The summed E-state index contributed by atoms with van der Waals surface area (Å²) in [6.07, 6.45) is 3.43. The molecular formula is C17H18N2O5S. The van der Waals surface area contributed by atoms with Gasteiger partial charge in [-0.3, -0.25) is 4.79 Å². The standard InChI is InChI=1S/C17H18N2O5S/c20-16(13-1-2-14(25-13)17(21)22)19-10-11-3-6-18-15(9-11)24-12-4-7-23-8-5-12/h1-3,6,9,12H,4-5,7-8,10H2,(H,19,20)(H,21,22). The molecule has 1 aliphatic heterocycles. The third-order valence-corrected chi connectivity index (χ3v) is 4.82. The number of carboxylic acids is 1. The van der Waals surface area contributed by atoms with Crippen molar-refractivity contribution in [2.45, 2.75) is 25.5 Å². The Labute approximate surface area is 148 Å². The number of ether oxygens (including phenoxy) is 2. The number of rotatable bonds is 6. The topological polar surface area (TPSA) is 97.8 Å². The summed E-state index contributed by atoms with van der Waals surface area (Å²) in [6.45, 7) is 1.70. The Bertz CT molecular complexity index is 755. The average molecular weight is 362 g/mol. The number of hydrogen-bond acceptors (Lipinski definition) is 6. The van der Waals surface area contributed by atoms with E-state index in [0.29, 0.717) is 30.5 Å². The molecular weight excluding hydrogens is 344 g/mol. The number of amides is 1. The summed E-state index contributed by atoms with van der Waals surface area (Å²) in [6, 6.07) is 6.53. The zero-order valence-electron chi connectivity index (χ0n) is 13.4. The van der Waals surface area contributed by atoms with Crippen LogP contribution in [0.15, 0.2) is 30.5 Å². The summed E-state index contributed by atoms with van der Waals surface area (Å²) in [4.78, 5) is 27.7. The minimum atomic E-state index is -1.03. The molecule has 1 aliphatic rings. The summed E-state index contributed by atoms with van der Waals surface area (Å²) >= 11 is 0.950. The second-order valence-electron chi connectivity index (χ2n) is 5.58. The highest BCUT2D eigenvalue weighted by atomic mass is 32.1. The number of carboxylic acid groups (broad SMARTS) is 1. The van der Waals surface area contributed by atoms with E-state index in [-0.39, 0.29) is 16.9 Å². The van der Waals surface area contributed by atoms with Gasteiger partial charge in [0.05, 0.1) is 18.1 Å². The molecule has 0 bridgehead atoms. The lowest BCUT2D eigenvalue weighted by molar-refractivity contribution is 0.0237. The first kappa shape index (κ1) is 17.4. The van der Waals surface area contributed by atoms with E-state index in [9.17, 15) is 9.59 Å². The highest BCUT2D eigenvalue weighted by molar-refractivity contribution is 7.15. The van der Waals surface area contributed by atoms with Gasteiger partial charge in [0.15, 0.2) is 0 Å². The van der Waals surface area contributed by atoms with Crippen LogP contribution in [0.4, 0.5) is 0 Å². The van der Waals surface area contributed by atoms with E-state index in [1.165, 1.54) is 12.1 Å². The fourth-order valence-electron chi connectivity index (χ4n) is 2.43. The maximum absolute atomic E-state index is 12.1. The van der Waals surface area contributed by atoms with Gasteiger partial charge in [0, 0.05) is 31.6 Å². The summed E-state index contributed by atoms with van der Waals surface area (Å²) in [5.41, 5.74) is 0.862. The Morgan fingerprint density at radius 1 is 1.28 bits per heavy atom. The van der Waals surface area contributed by atoms with E-state index >= 15 is 0 Å². The number of aromatic carboxylic acids is 1. The Morgan fingerprint density at radius 2 is 2.04 bits per heavy atom. The predicted molar refractivity (Wildman–Crippen MR) is 91.2 cm³/mol. The molecule has 0 aliphatic carbocycles. The molecule has 2 aromatic rings. The third kappa shape index (κ3) is 4.77. The monoisotopic (exact) mass is 362 g/mol. The van der Waals surface area contributed by atoms with Crippen molar-refractivity contribution >= 4 is 23.2 Å². The van der Waals surface area contributed by atoms with E-state index in [0.717, 1.165) is 29.7 Å². The van der Waals surface area contributed by atoms with Crippen LogP contribution < -0.4 is 10.1 Å². The number of pyridine rings is 1. The first-order chi connectivity index (χ1) is 12.1. The lowest BCUT2D eigenvalue weighted by atomic mass is 10.1. The van der Waals surface area contributed by atoms with Crippen LogP contribution in [0, 0.1) is 0 Å². The van der Waals surface area contributed by atoms with Gasteiger partial charge in [0.2, 0.25) is 5.88 Å². The fraction of sp³-hybridized carbons (Fsp3) is 0.353. The minimum absolute atomic E-state index is 0.103. The van der Waals surface area contributed by atoms with E-state index < -0.39 is 5.97 Å². The minimum Gasteiger partial charge on any atom is -0.477 e. The molecule has 1 amide bonds. The molecule has 132 valence electrons. The van der Waals surface area contributed by atoms with Gasteiger partial charge in [-0.2, -0.15) is 0 Å². The lowest BCUT2D eigenvalue weighted by Gasteiger charge is -2.22. The molecule has 0 unspecified atom stereocenters. The SMILES string of the molecule is O=C(O)c1ccc(C(=O)NCc2ccnc(OC3CCOCC3)c2)s1. The fourth-order valence-corrected chi connectivity index (χ4v) is 3.20. The van der Waals surface area contributed by atoms with E-state index in [4.69, 9.17) is 14.6 Å². The van der Waals surface area contributed by atoms with E-state index in [1.54, 1.807) is 18.3 Å². The number of thiophene rings is 1. The Kier molecular flexibility index (Phi) is 5.62. The predicted octanol–water partition coefficient (Wildman–Crippen LogP) is 2.33. The van der Waals surface area contributed by atoms with Gasteiger partial charge >= 0.3 is 5.97 Å². The van der Waals surface area contributed by atoms with Crippen LogP contribution >= 0.6 is 11.3 Å². The molecule has 3 rings (SSSR count). The first-order valence-electron chi connectivity index (χ1n) is 7.92. The van der Waals surface area contributed by atoms with Crippen molar-refractivity contribution in [2.24, 2.45) is 0 Å². The van der Waals surface area contributed by atoms with Gasteiger partial charge in [-0.25, -0.2) is 9.78 Å². The quantitative estimate of drug-likeness (QED) is 0.818. The van der Waals surface area contributed by atoms with Crippen LogP contribution in [0.2, 0.25) is 0 Å². The molecule has 1 fully saturated rings. The zero-order chi connectivity index (χ0) is 17.6. The first-order valence-corrected chi connectivity index (χ1v) is 8.74. The Hall–Kier alpha value is -2.45. The van der Waals surface area contributed by atoms with Gasteiger partial charge in [0.25, 0.3) is 5.91 Å². The molecule has 0 atom stereocenters. The van der Waals surface area contributed by atoms with Gasteiger partial charge in [-0.05, 0) is 23.8 Å². The van der Waals surface area contributed by atoms with Gasteiger partial charge in [-0.1, -0.05) is 0 Å². The smallest absolute Gasteiger partial charge is 0.345 e. The molecule has 7 nitrogen and oxygen atoms in total. The number of hydrogen-bond donors (Lipinski definition) is 2. The third-order valence-electron chi connectivity index (χ3n) is 3.75. The van der Waals surface area contributed by atoms with Crippen molar-refractivity contribution in [2.75, 3.05) is 13.2 Å². The van der Waals surface area contributed by atoms with Crippen molar-refractivity contribution in [1.82, 2.24) is 10.3 Å². The molecule has 25 heavy (non-hydrogen) atoms. The van der Waals surface area contributed by atoms with Crippen LogP contribution in [0.1, 0.15) is 37.7 Å². The Morgan fingerprint density at radius 3 is 2.76 bits per heavy atom. The molecule has 2 aromatic heterocycles. The number of aromatic nitrogens is 1. The van der Waals surface area contributed by atoms with E-state index in [2.05, 4.69) is 10.3 Å². The van der Waals surface area contributed by atoms with Crippen LogP contribution in [0.5, 0.6) is 5.88 Å². The van der Waals surface area contributed by atoms with Gasteiger partial charge in [-0.15, -0.1) is 11.3 Å². The second kappa shape index (κ2) is 8.09. The molecule has 2 N–H and O–H groups in total. The molecule has 8 heteroatoms.